The lowest BCUT2D eigenvalue weighted by molar-refractivity contribution is 1.64. The molecule has 0 saturated carbocycles. The van der Waals surface area contributed by atoms with Crippen LogP contribution in [0, 0.1) is 0 Å². The first kappa shape index (κ1) is 13.8. The Morgan fingerprint density at radius 3 is 2.06 bits per heavy atom. The molecule has 0 unspecified atom stereocenters. The molecule has 0 nitrogen and oxygen atoms in total. The topological polar surface area (TPSA) is 0 Å². The number of benzene rings is 2. The summed E-state index contributed by atoms with van der Waals surface area (Å²) in [5.41, 5.74) is 1.80. The second-order valence-corrected chi connectivity index (χ2v) is 5.17. The third kappa shape index (κ3) is 3.02. The smallest absolute Gasteiger partial charge is 0.0799 e. The highest BCUT2D eigenvalue weighted by atomic mass is 35.5. The van der Waals surface area contributed by atoms with Crippen LogP contribution in [0.1, 0.15) is 11.1 Å². The highest BCUT2D eigenvalue weighted by Crippen LogP contribution is 2.38. The average molecular weight is 318 g/mol. The monoisotopic (exact) mass is 316 g/mol. The first-order valence-electron chi connectivity index (χ1n) is 5.15. The summed E-state index contributed by atoms with van der Waals surface area (Å²) in [4.78, 5) is 0. The maximum Gasteiger partial charge on any atom is 0.0799 e. The van der Waals surface area contributed by atoms with E-state index in [9.17, 15) is 0 Å². The fourth-order valence-corrected chi connectivity index (χ4v) is 2.34. The fraction of sp³-hybridized carbons (Fsp3) is 0. The van der Waals surface area contributed by atoms with Crippen molar-refractivity contribution in [1.29, 1.82) is 0 Å². The fourth-order valence-electron chi connectivity index (χ4n) is 1.46. The molecule has 0 saturated heterocycles. The normalized spacial score (nSPS) is 11.1. The van der Waals surface area contributed by atoms with E-state index < -0.39 is 0 Å². The van der Waals surface area contributed by atoms with Crippen LogP contribution in [0.2, 0.25) is 20.1 Å². The molecule has 0 aliphatic rings. The minimum Gasteiger partial charge on any atom is -0.0826 e. The van der Waals surface area contributed by atoms with Crippen LogP contribution in [-0.2, 0) is 0 Å². The third-order valence-electron chi connectivity index (χ3n) is 2.39. The van der Waals surface area contributed by atoms with Gasteiger partial charge in [0.1, 0.15) is 0 Å². The third-order valence-corrected chi connectivity index (χ3v) is 4.15. The molecule has 0 aromatic heterocycles. The molecular formula is C14H8Cl4. The number of hydrogen-bond acceptors (Lipinski definition) is 0. The van der Waals surface area contributed by atoms with Gasteiger partial charge in [-0.3, -0.25) is 0 Å². The largest absolute Gasteiger partial charge is 0.0826 e. The van der Waals surface area contributed by atoms with Gasteiger partial charge in [0.2, 0.25) is 0 Å². The zero-order valence-corrected chi connectivity index (χ0v) is 12.2. The summed E-state index contributed by atoms with van der Waals surface area (Å²) in [6.45, 7) is 0. The summed E-state index contributed by atoms with van der Waals surface area (Å²) in [7, 11) is 0. The van der Waals surface area contributed by atoms with Crippen LogP contribution < -0.4 is 0 Å². The van der Waals surface area contributed by atoms with Crippen molar-refractivity contribution in [2.45, 2.75) is 0 Å². The van der Waals surface area contributed by atoms with E-state index in [1.165, 1.54) is 0 Å². The zero-order chi connectivity index (χ0) is 13.1. The van der Waals surface area contributed by atoms with Crippen molar-refractivity contribution in [2.75, 3.05) is 0 Å². The highest BCUT2D eigenvalue weighted by Gasteiger charge is 2.11. The molecule has 2 aromatic rings. The molecular weight excluding hydrogens is 310 g/mol. The van der Waals surface area contributed by atoms with Gasteiger partial charge in [0.05, 0.1) is 20.1 Å². The first-order valence-corrected chi connectivity index (χ1v) is 6.67. The molecule has 2 aromatic carbocycles. The molecule has 0 radical (unpaired) electrons. The van der Waals surface area contributed by atoms with Crippen LogP contribution in [0.25, 0.3) is 12.2 Å². The SMILES string of the molecule is Clc1cc(C=Cc2ccccc2)c(Cl)c(Cl)c1Cl. The van der Waals surface area contributed by atoms with Gasteiger partial charge < -0.3 is 0 Å². The number of halogens is 4. The van der Waals surface area contributed by atoms with Crippen molar-refractivity contribution >= 4 is 58.6 Å². The first-order chi connectivity index (χ1) is 8.59. The van der Waals surface area contributed by atoms with Crippen molar-refractivity contribution < 1.29 is 0 Å². The standard InChI is InChI=1S/C14H8Cl4/c15-11-8-10(12(16)14(18)13(11)17)7-6-9-4-2-1-3-5-9/h1-8H. The van der Waals surface area contributed by atoms with Gasteiger partial charge in [-0.05, 0) is 17.2 Å². The summed E-state index contributed by atoms with van der Waals surface area (Å²) in [6.07, 6.45) is 3.79. The summed E-state index contributed by atoms with van der Waals surface area (Å²) >= 11 is 24.0. The summed E-state index contributed by atoms with van der Waals surface area (Å²) < 4.78 is 0. The van der Waals surface area contributed by atoms with Crippen molar-refractivity contribution in [1.82, 2.24) is 0 Å². The van der Waals surface area contributed by atoms with Crippen molar-refractivity contribution in [2.24, 2.45) is 0 Å². The Balaban J connectivity index is 2.39. The van der Waals surface area contributed by atoms with Gasteiger partial charge in [0, 0.05) is 0 Å². The van der Waals surface area contributed by atoms with Gasteiger partial charge in [-0.2, -0.15) is 0 Å². The van der Waals surface area contributed by atoms with Crippen LogP contribution in [0.3, 0.4) is 0 Å². The molecule has 0 amide bonds. The van der Waals surface area contributed by atoms with E-state index in [-0.39, 0.29) is 10.0 Å². The second kappa shape index (κ2) is 5.99. The van der Waals surface area contributed by atoms with E-state index in [0.717, 1.165) is 11.1 Å². The van der Waals surface area contributed by atoms with E-state index in [4.69, 9.17) is 46.4 Å². The zero-order valence-electron chi connectivity index (χ0n) is 9.13. The maximum atomic E-state index is 6.11. The minimum absolute atomic E-state index is 0.276. The molecule has 4 heteroatoms. The maximum absolute atomic E-state index is 6.11. The molecule has 0 aliphatic heterocycles. The number of hydrogen-bond donors (Lipinski definition) is 0. The Hall–Kier alpha value is -0.660. The van der Waals surface area contributed by atoms with E-state index in [2.05, 4.69) is 0 Å². The molecule has 0 atom stereocenters. The van der Waals surface area contributed by atoms with E-state index in [1.54, 1.807) is 6.07 Å². The van der Waals surface area contributed by atoms with Crippen LogP contribution >= 0.6 is 46.4 Å². The lowest BCUT2D eigenvalue weighted by Gasteiger charge is -2.05. The van der Waals surface area contributed by atoms with Crippen LogP contribution in [0.15, 0.2) is 36.4 Å². The molecule has 0 aliphatic carbocycles. The predicted octanol–water partition coefficient (Wildman–Crippen LogP) is 6.47. The van der Waals surface area contributed by atoms with Gasteiger partial charge in [0.25, 0.3) is 0 Å². The average Bonchev–Trinajstić information content (AvgIpc) is 2.40. The molecule has 0 heterocycles. The summed E-state index contributed by atoms with van der Waals surface area (Å²) in [5.74, 6) is 0. The molecule has 2 rings (SSSR count). The molecule has 0 fully saturated rings. The summed E-state index contributed by atoms with van der Waals surface area (Å²) in [5, 5.41) is 1.34. The van der Waals surface area contributed by atoms with Crippen molar-refractivity contribution in [3.63, 3.8) is 0 Å². The Morgan fingerprint density at radius 1 is 0.722 bits per heavy atom. The molecule has 92 valence electrons. The van der Waals surface area contributed by atoms with Crippen molar-refractivity contribution in [3.8, 4) is 0 Å². The van der Waals surface area contributed by atoms with Gasteiger partial charge in [-0.15, -0.1) is 0 Å². The van der Waals surface area contributed by atoms with Gasteiger partial charge in [-0.25, -0.2) is 0 Å². The number of rotatable bonds is 2. The van der Waals surface area contributed by atoms with Crippen LogP contribution in [-0.4, -0.2) is 0 Å². The molecule has 0 N–H and O–H groups in total. The second-order valence-electron chi connectivity index (χ2n) is 3.63. The lowest BCUT2D eigenvalue weighted by Crippen LogP contribution is -1.81. The van der Waals surface area contributed by atoms with Gasteiger partial charge in [-0.1, -0.05) is 88.9 Å². The summed E-state index contributed by atoms with van der Waals surface area (Å²) in [6, 6.07) is 11.6. The molecule has 18 heavy (non-hydrogen) atoms. The van der Waals surface area contributed by atoms with E-state index in [1.807, 2.05) is 42.5 Å². The van der Waals surface area contributed by atoms with E-state index >= 15 is 0 Å². The lowest BCUT2D eigenvalue weighted by atomic mass is 10.1. The Bertz CT molecular complexity index is 588. The predicted molar refractivity (Wildman–Crippen MR) is 81.9 cm³/mol. The van der Waals surface area contributed by atoms with Gasteiger partial charge >= 0.3 is 0 Å². The Kier molecular flexibility index (Phi) is 4.58. The highest BCUT2D eigenvalue weighted by molar-refractivity contribution is 6.52. The van der Waals surface area contributed by atoms with Crippen molar-refractivity contribution in [3.05, 3.63) is 67.6 Å². The van der Waals surface area contributed by atoms with Crippen LogP contribution in [0.5, 0.6) is 0 Å². The van der Waals surface area contributed by atoms with E-state index in [0.29, 0.717) is 10.0 Å². The Morgan fingerprint density at radius 2 is 1.39 bits per heavy atom. The molecule has 0 spiro atoms. The Labute approximate surface area is 126 Å². The molecule has 0 bridgehead atoms. The minimum atomic E-state index is 0.276. The van der Waals surface area contributed by atoms with Crippen LogP contribution in [0.4, 0.5) is 0 Å². The van der Waals surface area contributed by atoms with Gasteiger partial charge in [0.15, 0.2) is 0 Å². The quantitative estimate of drug-likeness (QED) is 0.338.